The zero-order valence-corrected chi connectivity index (χ0v) is 13.5. The largest absolute Gasteiger partial charge is 0.357 e. The molecule has 2 nitrogen and oxygen atoms in total. The molecular formula is C19H24N2. The van der Waals surface area contributed by atoms with E-state index in [0.29, 0.717) is 6.04 Å². The van der Waals surface area contributed by atoms with E-state index in [0.717, 1.165) is 19.1 Å². The number of hydrogen-bond donors (Lipinski definition) is 0. The van der Waals surface area contributed by atoms with E-state index in [9.17, 15) is 0 Å². The number of benzene rings is 2. The maximum absolute atomic E-state index is 2.61. The standard InChI is InChI=1S/C19H24N2/c1-12-5-7-18-17(14(12)3)8-6-16-10-20-11-21(19(16)18)9-13(2)15(20)4/h5-8,13,15H,9-11H2,1-4H3. The van der Waals surface area contributed by atoms with Gasteiger partial charge in [-0.25, -0.2) is 0 Å². The van der Waals surface area contributed by atoms with E-state index >= 15 is 0 Å². The van der Waals surface area contributed by atoms with Crippen LogP contribution in [0.1, 0.15) is 30.5 Å². The summed E-state index contributed by atoms with van der Waals surface area (Å²) in [6.45, 7) is 12.6. The number of nitrogens with zero attached hydrogens (tertiary/aromatic N) is 2. The Balaban J connectivity index is 1.95. The fraction of sp³-hybridized carbons (Fsp3) is 0.474. The second kappa shape index (κ2) is 4.48. The molecule has 0 spiro atoms. The van der Waals surface area contributed by atoms with Crippen LogP contribution in [0.15, 0.2) is 24.3 Å². The highest BCUT2D eigenvalue weighted by atomic mass is 15.4. The molecule has 4 rings (SSSR count). The second-order valence-electron chi connectivity index (χ2n) is 7.00. The summed E-state index contributed by atoms with van der Waals surface area (Å²) in [4.78, 5) is 5.21. The summed E-state index contributed by atoms with van der Waals surface area (Å²) in [5.74, 6) is 0.730. The van der Waals surface area contributed by atoms with E-state index < -0.39 is 0 Å². The lowest BCUT2D eigenvalue weighted by atomic mass is 9.91. The van der Waals surface area contributed by atoms with Gasteiger partial charge < -0.3 is 4.90 Å². The number of aryl methyl sites for hydroxylation is 2. The average molecular weight is 280 g/mol. The monoisotopic (exact) mass is 280 g/mol. The van der Waals surface area contributed by atoms with E-state index in [1.807, 2.05) is 0 Å². The average Bonchev–Trinajstić information content (AvgIpc) is 2.48. The Kier molecular flexibility index (Phi) is 2.80. The van der Waals surface area contributed by atoms with Gasteiger partial charge in [-0.2, -0.15) is 0 Å². The molecule has 2 heterocycles. The van der Waals surface area contributed by atoms with Crippen LogP contribution in [0, 0.1) is 19.8 Å². The first-order chi connectivity index (χ1) is 10.1. The van der Waals surface area contributed by atoms with Crippen LogP contribution in [0.2, 0.25) is 0 Å². The maximum Gasteiger partial charge on any atom is 0.0712 e. The minimum absolute atomic E-state index is 0.685. The van der Waals surface area contributed by atoms with Crippen LogP contribution in [-0.4, -0.2) is 24.2 Å². The molecule has 2 aliphatic heterocycles. The van der Waals surface area contributed by atoms with Gasteiger partial charge >= 0.3 is 0 Å². The van der Waals surface area contributed by atoms with Gasteiger partial charge in [0.1, 0.15) is 0 Å². The van der Waals surface area contributed by atoms with Crippen LogP contribution in [0.5, 0.6) is 0 Å². The van der Waals surface area contributed by atoms with Crippen molar-refractivity contribution in [1.82, 2.24) is 4.90 Å². The Bertz CT molecular complexity index is 719. The molecule has 0 aromatic heterocycles. The fourth-order valence-electron chi connectivity index (χ4n) is 4.04. The van der Waals surface area contributed by atoms with Gasteiger partial charge in [-0.3, -0.25) is 4.90 Å². The number of fused-ring (bicyclic) bond motifs is 6. The number of rotatable bonds is 0. The van der Waals surface area contributed by atoms with Crippen LogP contribution in [0.25, 0.3) is 10.8 Å². The van der Waals surface area contributed by atoms with E-state index in [4.69, 9.17) is 0 Å². The summed E-state index contributed by atoms with van der Waals surface area (Å²) in [6, 6.07) is 9.97. The zero-order chi connectivity index (χ0) is 14.7. The van der Waals surface area contributed by atoms with Crippen molar-refractivity contribution in [2.45, 2.75) is 40.3 Å². The van der Waals surface area contributed by atoms with Gasteiger partial charge in [-0.05, 0) is 48.8 Å². The van der Waals surface area contributed by atoms with Gasteiger partial charge in [0.2, 0.25) is 0 Å². The van der Waals surface area contributed by atoms with Crippen molar-refractivity contribution in [3.8, 4) is 0 Å². The molecule has 2 aromatic rings. The van der Waals surface area contributed by atoms with Crippen molar-refractivity contribution in [1.29, 1.82) is 0 Å². The molecule has 110 valence electrons. The molecule has 1 fully saturated rings. The Labute approximate surface area is 127 Å². The molecule has 2 bridgehead atoms. The molecule has 1 saturated heterocycles. The first-order valence-electron chi connectivity index (χ1n) is 8.07. The SMILES string of the molecule is Cc1ccc2c3c(ccc2c1C)CN1CN3CC(C)C1C. The summed E-state index contributed by atoms with van der Waals surface area (Å²) < 4.78 is 0. The lowest BCUT2D eigenvalue weighted by Gasteiger charge is -2.49. The van der Waals surface area contributed by atoms with Crippen molar-refractivity contribution in [3.05, 3.63) is 41.0 Å². The predicted octanol–water partition coefficient (Wildman–Crippen LogP) is 4.07. The van der Waals surface area contributed by atoms with E-state index in [-0.39, 0.29) is 0 Å². The van der Waals surface area contributed by atoms with Crippen molar-refractivity contribution >= 4 is 16.5 Å². The molecule has 2 heteroatoms. The maximum atomic E-state index is 2.61. The Hall–Kier alpha value is -1.54. The molecule has 0 amide bonds. The third-order valence-corrected chi connectivity index (χ3v) is 5.75. The number of anilines is 1. The summed E-state index contributed by atoms with van der Waals surface area (Å²) in [5.41, 5.74) is 5.80. The highest BCUT2D eigenvalue weighted by Crippen LogP contribution is 2.40. The highest BCUT2D eigenvalue weighted by molar-refractivity contribution is 5.98. The minimum atomic E-state index is 0.685. The van der Waals surface area contributed by atoms with Crippen molar-refractivity contribution < 1.29 is 0 Å². The van der Waals surface area contributed by atoms with Crippen LogP contribution >= 0.6 is 0 Å². The molecule has 3 unspecified atom stereocenters. The molecule has 2 aromatic carbocycles. The highest BCUT2D eigenvalue weighted by Gasteiger charge is 2.35. The zero-order valence-electron chi connectivity index (χ0n) is 13.5. The Morgan fingerprint density at radius 1 is 1.00 bits per heavy atom. The Morgan fingerprint density at radius 2 is 1.76 bits per heavy atom. The summed E-state index contributed by atoms with van der Waals surface area (Å²) in [5, 5.41) is 2.87. The minimum Gasteiger partial charge on any atom is -0.357 e. The van der Waals surface area contributed by atoms with Crippen LogP contribution in [0.3, 0.4) is 0 Å². The van der Waals surface area contributed by atoms with Gasteiger partial charge in [0.15, 0.2) is 0 Å². The molecule has 3 atom stereocenters. The van der Waals surface area contributed by atoms with Gasteiger partial charge in [-0.15, -0.1) is 0 Å². The first kappa shape index (κ1) is 13.1. The van der Waals surface area contributed by atoms with Crippen LogP contribution in [-0.2, 0) is 6.54 Å². The smallest absolute Gasteiger partial charge is 0.0712 e. The molecule has 0 aliphatic carbocycles. The summed E-state index contributed by atoms with van der Waals surface area (Å²) in [7, 11) is 0. The molecule has 0 N–H and O–H groups in total. The predicted molar refractivity (Wildman–Crippen MR) is 89.8 cm³/mol. The molecular weight excluding hydrogens is 256 g/mol. The van der Waals surface area contributed by atoms with Gasteiger partial charge in [-0.1, -0.05) is 31.2 Å². The third-order valence-electron chi connectivity index (χ3n) is 5.75. The fourth-order valence-corrected chi connectivity index (χ4v) is 4.04. The number of hydrogen-bond acceptors (Lipinski definition) is 2. The lowest BCUT2D eigenvalue weighted by molar-refractivity contribution is 0.112. The normalized spacial score (nSPS) is 27.8. The summed E-state index contributed by atoms with van der Waals surface area (Å²) in [6.07, 6.45) is 0. The molecule has 2 aliphatic rings. The quantitative estimate of drug-likeness (QED) is 0.717. The van der Waals surface area contributed by atoms with E-state index in [2.05, 4.69) is 61.8 Å². The van der Waals surface area contributed by atoms with Gasteiger partial charge in [0.05, 0.1) is 12.4 Å². The van der Waals surface area contributed by atoms with E-state index in [1.165, 1.54) is 39.7 Å². The second-order valence-corrected chi connectivity index (χ2v) is 7.00. The Morgan fingerprint density at radius 3 is 2.57 bits per heavy atom. The summed E-state index contributed by atoms with van der Waals surface area (Å²) >= 11 is 0. The third kappa shape index (κ3) is 1.82. The van der Waals surface area contributed by atoms with E-state index in [1.54, 1.807) is 0 Å². The van der Waals surface area contributed by atoms with Gasteiger partial charge in [0.25, 0.3) is 0 Å². The van der Waals surface area contributed by atoms with Crippen molar-refractivity contribution in [2.75, 3.05) is 18.1 Å². The molecule has 0 radical (unpaired) electrons. The topological polar surface area (TPSA) is 6.48 Å². The van der Waals surface area contributed by atoms with Crippen LogP contribution in [0.4, 0.5) is 5.69 Å². The lowest BCUT2D eigenvalue weighted by Crippen LogP contribution is -2.56. The molecule has 0 saturated carbocycles. The van der Waals surface area contributed by atoms with Gasteiger partial charge in [0, 0.05) is 24.5 Å². The van der Waals surface area contributed by atoms with Crippen molar-refractivity contribution in [2.24, 2.45) is 5.92 Å². The molecule has 21 heavy (non-hydrogen) atoms. The first-order valence-corrected chi connectivity index (χ1v) is 8.07. The van der Waals surface area contributed by atoms with Crippen LogP contribution < -0.4 is 4.90 Å². The van der Waals surface area contributed by atoms with Crippen molar-refractivity contribution in [3.63, 3.8) is 0 Å².